The molecule has 1 N–H and O–H groups in total. The molecule has 1 saturated heterocycles. The van der Waals surface area contributed by atoms with Crippen LogP contribution in [0.3, 0.4) is 0 Å². The number of aromatic amines is 1. The molecule has 4 aromatic heterocycles. The van der Waals surface area contributed by atoms with Crippen LogP contribution >= 0.6 is 0 Å². The van der Waals surface area contributed by atoms with Gasteiger partial charge in [0, 0.05) is 49.6 Å². The average molecular weight is 427 g/mol. The molecule has 8 heteroatoms. The lowest BCUT2D eigenvalue weighted by atomic mass is 9.97. The summed E-state index contributed by atoms with van der Waals surface area (Å²) in [6, 6.07) is 6.12. The fourth-order valence-electron chi connectivity index (χ4n) is 5.25. The number of imidazole rings is 2. The molecule has 1 saturated carbocycles. The first-order valence-electron chi connectivity index (χ1n) is 11.8. The Morgan fingerprint density at radius 1 is 0.906 bits per heavy atom. The van der Waals surface area contributed by atoms with Crippen LogP contribution in [0.5, 0.6) is 0 Å². The summed E-state index contributed by atoms with van der Waals surface area (Å²) in [7, 11) is 0. The van der Waals surface area contributed by atoms with Crippen LogP contribution < -0.4 is 4.90 Å². The van der Waals surface area contributed by atoms with E-state index in [9.17, 15) is 0 Å². The van der Waals surface area contributed by atoms with Crippen molar-refractivity contribution in [2.45, 2.75) is 56.9 Å². The zero-order valence-electron chi connectivity index (χ0n) is 18.0. The topological polar surface area (TPSA) is 88.4 Å². The van der Waals surface area contributed by atoms with E-state index in [4.69, 9.17) is 19.9 Å². The molecule has 2 fully saturated rings. The van der Waals surface area contributed by atoms with E-state index < -0.39 is 0 Å². The zero-order chi connectivity index (χ0) is 21.1. The summed E-state index contributed by atoms with van der Waals surface area (Å²) < 4.78 is 2.45. The van der Waals surface area contributed by atoms with Gasteiger partial charge in [-0.1, -0.05) is 0 Å². The number of pyridine rings is 1. The smallest absolute Gasteiger partial charge is 0.180 e. The minimum atomic E-state index is 0.463. The molecule has 0 amide bonds. The van der Waals surface area contributed by atoms with Gasteiger partial charge in [0.15, 0.2) is 11.5 Å². The molecular formula is C24H26N8. The first-order valence-corrected chi connectivity index (χ1v) is 11.8. The summed E-state index contributed by atoms with van der Waals surface area (Å²) in [5, 5.41) is 0. The summed E-state index contributed by atoms with van der Waals surface area (Å²) in [6.07, 6.45) is 11.1. The lowest BCUT2D eigenvalue weighted by molar-refractivity contribution is 0.472. The number of rotatable bonds is 4. The summed E-state index contributed by atoms with van der Waals surface area (Å²) in [6.45, 7) is 3.10. The van der Waals surface area contributed by atoms with Gasteiger partial charge in [0.25, 0.3) is 0 Å². The lowest BCUT2D eigenvalue weighted by Crippen LogP contribution is -2.35. The van der Waals surface area contributed by atoms with Crippen molar-refractivity contribution in [3.05, 3.63) is 47.9 Å². The summed E-state index contributed by atoms with van der Waals surface area (Å²) in [4.78, 5) is 29.4. The second-order valence-electron chi connectivity index (χ2n) is 9.35. The maximum absolute atomic E-state index is 4.92. The predicted molar refractivity (Wildman–Crippen MR) is 122 cm³/mol. The predicted octanol–water partition coefficient (Wildman–Crippen LogP) is 3.82. The number of hydrogen-bond donors (Lipinski definition) is 1. The highest BCUT2D eigenvalue weighted by atomic mass is 15.2. The van der Waals surface area contributed by atoms with E-state index in [0.717, 1.165) is 66.8 Å². The lowest BCUT2D eigenvalue weighted by Gasteiger charge is -2.33. The van der Waals surface area contributed by atoms with Crippen LogP contribution in [0, 0.1) is 0 Å². The van der Waals surface area contributed by atoms with Gasteiger partial charge >= 0.3 is 0 Å². The SMILES string of the molecule is c1cc(-c2nc3nc(N4CCC[C@H](c5ncc6n5CCC6)C4)ccc3[nH]2)nc(C2CC2)n1. The third-order valence-electron chi connectivity index (χ3n) is 7.08. The van der Waals surface area contributed by atoms with Crippen molar-refractivity contribution in [2.75, 3.05) is 18.0 Å². The Morgan fingerprint density at radius 3 is 2.81 bits per heavy atom. The van der Waals surface area contributed by atoms with Gasteiger partial charge in [-0.15, -0.1) is 0 Å². The van der Waals surface area contributed by atoms with Gasteiger partial charge in [-0.3, -0.25) is 0 Å². The third kappa shape index (κ3) is 3.08. The quantitative estimate of drug-likeness (QED) is 0.534. The van der Waals surface area contributed by atoms with Crippen LogP contribution in [0.15, 0.2) is 30.6 Å². The van der Waals surface area contributed by atoms with E-state index in [-0.39, 0.29) is 0 Å². The Kier molecular flexibility index (Phi) is 4.07. The monoisotopic (exact) mass is 426 g/mol. The van der Waals surface area contributed by atoms with Gasteiger partial charge in [0.2, 0.25) is 0 Å². The van der Waals surface area contributed by atoms with Crippen LogP contribution in [-0.2, 0) is 13.0 Å². The van der Waals surface area contributed by atoms with Crippen LogP contribution in [0.4, 0.5) is 5.82 Å². The maximum atomic E-state index is 4.92. The zero-order valence-corrected chi connectivity index (χ0v) is 18.0. The van der Waals surface area contributed by atoms with E-state index in [1.165, 1.54) is 37.2 Å². The second-order valence-corrected chi connectivity index (χ2v) is 9.35. The molecule has 1 aliphatic carbocycles. The molecule has 1 atom stereocenters. The number of nitrogens with one attached hydrogen (secondary N) is 1. The minimum Gasteiger partial charge on any atom is -0.356 e. The van der Waals surface area contributed by atoms with E-state index >= 15 is 0 Å². The molecule has 0 unspecified atom stereocenters. The van der Waals surface area contributed by atoms with Crippen molar-refractivity contribution >= 4 is 17.0 Å². The van der Waals surface area contributed by atoms with Gasteiger partial charge in [-0.2, -0.15) is 0 Å². The molecule has 4 aromatic rings. The summed E-state index contributed by atoms with van der Waals surface area (Å²) in [5.41, 5.74) is 3.92. The molecule has 0 aromatic carbocycles. The van der Waals surface area contributed by atoms with E-state index in [1.54, 1.807) is 0 Å². The average Bonchev–Trinajstić information content (AvgIpc) is 3.24. The third-order valence-corrected chi connectivity index (χ3v) is 7.08. The molecule has 0 bridgehead atoms. The van der Waals surface area contributed by atoms with Crippen molar-refractivity contribution < 1.29 is 0 Å². The van der Waals surface area contributed by atoms with Gasteiger partial charge in [0.05, 0.1) is 5.52 Å². The summed E-state index contributed by atoms with van der Waals surface area (Å²) in [5.74, 6) is 4.94. The fraction of sp³-hybridized carbons (Fsp3) is 0.458. The molecule has 6 heterocycles. The molecule has 7 rings (SSSR count). The van der Waals surface area contributed by atoms with Crippen LogP contribution in [0.2, 0.25) is 0 Å². The molecule has 0 spiro atoms. The standard InChI is InChI=1S/C24H26N8/c1-3-16(24-26-13-17-4-2-12-32(17)24)14-31(11-1)20-8-7-18-23(29-20)30-22(28-18)19-9-10-25-21(27-19)15-5-6-15/h7-10,13,15-16H,1-6,11-12,14H2,(H,28,29,30)/t16-/m0/s1. The Bertz CT molecular complexity index is 1300. The normalized spacial score (nSPS) is 20.8. The molecule has 162 valence electrons. The minimum absolute atomic E-state index is 0.463. The molecule has 32 heavy (non-hydrogen) atoms. The van der Waals surface area contributed by atoms with Crippen molar-refractivity contribution in [1.29, 1.82) is 0 Å². The first kappa shape index (κ1) is 18.3. The van der Waals surface area contributed by atoms with Gasteiger partial charge < -0.3 is 14.5 Å². The Morgan fingerprint density at radius 2 is 1.88 bits per heavy atom. The largest absolute Gasteiger partial charge is 0.356 e. The van der Waals surface area contributed by atoms with Crippen molar-refractivity contribution in [2.24, 2.45) is 0 Å². The van der Waals surface area contributed by atoms with E-state index in [1.807, 2.05) is 12.3 Å². The number of anilines is 1. The first-order chi connectivity index (χ1) is 15.8. The number of aromatic nitrogens is 7. The molecule has 0 radical (unpaired) electrons. The van der Waals surface area contributed by atoms with Crippen LogP contribution in [-0.4, -0.2) is 47.6 Å². The fourth-order valence-corrected chi connectivity index (χ4v) is 5.25. The second kappa shape index (κ2) is 7.12. The molecular weight excluding hydrogens is 400 g/mol. The van der Waals surface area contributed by atoms with Gasteiger partial charge in [0.1, 0.15) is 23.2 Å². The highest BCUT2D eigenvalue weighted by molar-refractivity contribution is 5.77. The Hall–Kier alpha value is -3.29. The molecule has 8 nitrogen and oxygen atoms in total. The van der Waals surface area contributed by atoms with E-state index in [0.29, 0.717) is 11.8 Å². The Balaban J connectivity index is 1.16. The van der Waals surface area contributed by atoms with Gasteiger partial charge in [-0.25, -0.2) is 24.9 Å². The number of fused-ring (bicyclic) bond motifs is 2. The van der Waals surface area contributed by atoms with Crippen molar-refractivity contribution in [1.82, 2.24) is 34.5 Å². The molecule has 3 aliphatic rings. The highest BCUT2D eigenvalue weighted by Crippen LogP contribution is 2.38. The number of nitrogens with zero attached hydrogens (tertiary/aromatic N) is 7. The number of hydrogen-bond acceptors (Lipinski definition) is 6. The number of aryl methyl sites for hydroxylation is 1. The van der Waals surface area contributed by atoms with Crippen LogP contribution in [0.25, 0.3) is 22.7 Å². The molecule has 2 aliphatic heterocycles. The Labute approximate surface area is 186 Å². The van der Waals surface area contributed by atoms with Crippen LogP contribution in [0.1, 0.15) is 61.3 Å². The maximum Gasteiger partial charge on any atom is 0.180 e. The van der Waals surface area contributed by atoms with Crippen molar-refractivity contribution in [3.8, 4) is 11.5 Å². The summed E-state index contributed by atoms with van der Waals surface area (Å²) >= 11 is 0. The van der Waals surface area contributed by atoms with Crippen molar-refractivity contribution in [3.63, 3.8) is 0 Å². The number of H-pyrrole nitrogens is 1. The highest BCUT2D eigenvalue weighted by Gasteiger charge is 2.29. The number of piperidine rings is 1. The van der Waals surface area contributed by atoms with Gasteiger partial charge in [-0.05, 0) is 56.7 Å². The van der Waals surface area contributed by atoms with E-state index in [2.05, 4.69) is 37.8 Å².